The van der Waals surface area contributed by atoms with E-state index >= 15 is 0 Å². The van der Waals surface area contributed by atoms with Gasteiger partial charge in [0.15, 0.2) is 5.69 Å². The van der Waals surface area contributed by atoms with Crippen molar-refractivity contribution in [1.82, 2.24) is 20.4 Å². The second-order valence-electron chi connectivity index (χ2n) is 7.25. The molecule has 1 aliphatic carbocycles. The lowest BCUT2D eigenvalue weighted by atomic mass is 9.74. The Hall–Kier alpha value is -2.37. The van der Waals surface area contributed by atoms with Crippen LogP contribution in [-0.4, -0.2) is 46.0 Å². The molecule has 2 fully saturated rings. The maximum Gasteiger partial charge on any atom is 0.272 e. The number of likely N-dealkylation sites (tertiary alicyclic amines) is 1. The maximum atomic E-state index is 12.7. The number of rotatable bonds is 4. The molecule has 4 rings (SSSR count). The Balaban J connectivity index is 1.52. The van der Waals surface area contributed by atoms with Gasteiger partial charge in [0.1, 0.15) is 0 Å². The molecule has 1 aromatic carbocycles. The van der Waals surface area contributed by atoms with Crippen molar-refractivity contribution in [3.8, 4) is 0 Å². The van der Waals surface area contributed by atoms with E-state index in [-0.39, 0.29) is 23.3 Å². The average Bonchev–Trinajstić information content (AvgIpc) is 3.24. The quantitative estimate of drug-likeness (QED) is 0.897. The molecule has 132 valence electrons. The maximum absolute atomic E-state index is 12.7. The number of hydrogen-bond donors (Lipinski definition) is 2. The first-order valence-corrected chi connectivity index (χ1v) is 9.15. The van der Waals surface area contributed by atoms with Crippen LogP contribution in [-0.2, 0) is 4.79 Å². The van der Waals surface area contributed by atoms with Gasteiger partial charge in [-0.2, -0.15) is 5.10 Å². The van der Waals surface area contributed by atoms with Crippen LogP contribution in [0, 0.1) is 5.41 Å². The number of fused-ring (bicyclic) bond motifs is 2. The highest BCUT2D eigenvalue weighted by atomic mass is 16.2. The molecule has 6 nitrogen and oxygen atoms in total. The molecule has 2 N–H and O–H groups in total. The van der Waals surface area contributed by atoms with Crippen molar-refractivity contribution >= 4 is 22.7 Å². The summed E-state index contributed by atoms with van der Waals surface area (Å²) in [6, 6.07) is 7.91. The van der Waals surface area contributed by atoms with Crippen LogP contribution in [0.25, 0.3) is 10.9 Å². The molecule has 6 heteroatoms. The first-order valence-electron chi connectivity index (χ1n) is 9.15. The minimum Gasteiger partial charge on any atom is -0.350 e. The molecule has 1 saturated heterocycles. The molecular formula is C19H24N4O2. The van der Waals surface area contributed by atoms with Crippen molar-refractivity contribution in [3.05, 3.63) is 30.0 Å². The molecule has 2 heterocycles. The standard InChI is InChI=1S/C19H24N4O2/c1-2-23-15-8-5-10-19(15,11-9-16(23)24)12-20-18(25)17-13-6-3-4-7-14(13)21-22-17/h3-4,6-7,15H,2,5,8-12H2,1H3,(H,20,25)(H,21,22). The highest BCUT2D eigenvalue weighted by Gasteiger charge is 2.49. The Labute approximate surface area is 147 Å². The van der Waals surface area contributed by atoms with E-state index in [4.69, 9.17) is 0 Å². The number of amides is 2. The number of para-hydroxylation sites is 1. The Kier molecular flexibility index (Phi) is 3.98. The first-order chi connectivity index (χ1) is 12.1. The highest BCUT2D eigenvalue weighted by Crippen LogP contribution is 2.47. The number of benzene rings is 1. The average molecular weight is 340 g/mol. The summed E-state index contributed by atoms with van der Waals surface area (Å²) in [6.45, 7) is 3.41. The van der Waals surface area contributed by atoms with Crippen molar-refractivity contribution in [2.45, 2.75) is 45.1 Å². The number of H-pyrrole nitrogens is 1. The van der Waals surface area contributed by atoms with Crippen molar-refractivity contribution in [2.75, 3.05) is 13.1 Å². The number of aromatic amines is 1. The van der Waals surface area contributed by atoms with Gasteiger partial charge in [0.05, 0.1) is 5.52 Å². The lowest BCUT2D eigenvalue weighted by molar-refractivity contribution is -0.141. The van der Waals surface area contributed by atoms with E-state index in [2.05, 4.69) is 15.5 Å². The summed E-state index contributed by atoms with van der Waals surface area (Å²) in [5.41, 5.74) is 1.33. The van der Waals surface area contributed by atoms with Crippen LogP contribution in [0.2, 0.25) is 0 Å². The topological polar surface area (TPSA) is 78.1 Å². The van der Waals surface area contributed by atoms with E-state index < -0.39 is 0 Å². The molecule has 1 aliphatic heterocycles. The van der Waals surface area contributed by atoms with Crippen molar-refractivity contribution < 1.29 is 9.59 Å². The molecule has 1 aromatic heterocycles. The van der Waals surface area contributed by atoms with Crippen LogP contribution in [0.1, 0.15) is 49.5 Å². The van der Waals surface area contributed by atoms with Gasteiger partial charge in [-0.1, -0.05) is 24.6 Å². The Morgan fingerprint density at radius 3 is 3.08 bits per heavy atom. The van der Waals surface area contributed by atoms with E-state index in [1.165, 1.54) is 0 Å². The second kappa shape index (κ2) is 6.17. The number of aromatic nitrogens is 2. The zero-order valence-electron chi connectivity index (χ0n) is 14.5. The summed E-state index contributed by atoms with van der Waals surface area (Å²) < 4.78 is 0. The third-order valence-electron chi connectivity index (χ3n) is 6.02. The van der Waals surface area contributed by atoms with Crippen LogP contribution in [0.5, 0.6) is 0 Å². The van der Waals surface area contributed by atoms with Gasteiger partial charge in [-0.3, -0.25) is 14.7 Å². The monoisotopic (exact) mass is 340 g/mol. The van der Waals surface area contributed by atoms with Crippen molar-refractivity contribution in [1.29, 1.82) is 0 Å². The van der Waals surface area contributed by atoms with Gasteiger partial charge < -0.3 is 10.2 Å². The van der Waals surface area contributed by atoms with E-state index in [1.54, 1.807) is 0 Å². The molecule has 0 radical (unpaired) electrons. The van der Waals surface area contributed by atoms with E-state index in [0.29, 0.717) is 18.7 Å². The molecule has 2 atom stereocenters. The second-order valence-corrected chi connectivity index (χ2v) is 7.25. The Morgan fingerprint density at radius 2 is 2.24 bits per heavy atom. The zero-order chi connectivity index (χ0) is 17.4. The highest BCUT2D eigenvalue weighted by molar-refractivity contribution is 6.04. The van der Waals surface area contributed by atoms with Gasteiger partial charge in [0.25, 0.3) is 5.91 Å². The van der Waals surface area contributed by atoms with Crippen LogP contribution in [0.3, 0.4) is 0 Å². The molecule has 2 aromatic rings. The van der Waals surface area contributed by atoms with Crippen LogP contribution >= 0.6 is 0 Å². The molecule has 0 bridgehead atoms. The fraction of sp³-hybridized carbons (Fsp3) is 0.526. The number of nitrogens with one attached hydrogen (secondary N) is 2. The van der Waals surface area contributed by atoms with Gasteiger partial charge in [0, 0.05) is 36.4 Å². The lowest BCUT2D eigenvalue weighted by Crippen LogP contribution is -2.55. The smallest absolute Gasteiger partial charge is 0.272 e. The number of carbonyl (C=O) groups is 2. The summed E-state index contributed by atoms with van der Waals surface area (Å²) in [6.07, 6.45) is 4.69. The normalized spacial score (nSPS) is 26.0. The van der Waals surface area contributed by atoms with E-state index in [0.717, 1.165) is 43.1 Å². The third kappa shape index (κ3) is 2.60. The summed E-state index contributed by atoms with van der Waals surface area (Å²) >= 11 is 0. The fourth-order valence-corrected chi connectivity index (χ4v) is 4.74. The molecule has 0 spiro atoms. The minimum atomic E-state index is -0.141. The summed E-state index contributed by atoms with van der Waals surface area (Å²) in [5, 5.41) is 11.0. The number of piperidine rings is 1. The van der Waals surface area contributed by atoms with Crippen LogP contribution < -0.4 is 5.32 Å². The van der Waals surface area contributed by atoms with Gasteiger partial charge >= 0.3 is 0 Å². The fourth-order valence-electron chi connectivity index (χ4n) is 4.74. The molecule has 1 saturated carbocycles. The molecule has 25 heavy (non-hydrogen) atoms. The van der Waals surface area contributed by atoms with Crippen LogP contribution in [0.4, 0.5) is 0 Å². The Bertz CT molecular complexity index is 815. The molecule has 2 aliphatic rings. The van der Waals surface area contributed by atoms with E-state index in [1.807, 2.05) is 36.1 Å². The SMILES string of the molecule is CCN1C(=O)CCC2(CNC(=O)c3n[nH]c4ccccc34)CCCC12. The zero-order valence-corrected chi connectivity index (χ0v) is 14.5. The third-order valence-corrected chi connectivity index (χ3v) is 6.02. The minimum absolute atomic E-state index is 0.0195. The van der Waals surface area contributed by atoms with Crippen molar-refractivity contribution in [2.24, 2.45) is 5.41 Å². The first kappa shape index (κ1) is 16.1. The van der Waals surface area contributed by atoms with Crippen molar-refractivity contribution in [3.63, 3.8) is 0 Å². The molecule has 2 unspecified atom stereocenters. The molecule has 2 amide bonds. The number of carbonyl (C=O) groups excluding carboxylic acids is 2. The summed E-state index contributed by atoms with van der Waals surface area (Å²) in [4.78, 5) is 26.9. The van der Waals surface area contributed by atoms with Gasteiger partial charge in [0.2, 0.25) is 5.91 Å². The van der Waals surface area contributed by atoms with Gasteiger partial charge in [-0.15, -0.1) is 0 Å². The summed E-state index contributed by atoms with van der Waals surface area (Å²) in [7, 11) is 0. The number of hydrogen-bond acceptors (Lipinski definition) is 3. The van der Waals surface area contributed by atoms with E-state index in [9.17, 15) is 9.59 Å². The summed E-state index contributed by atoms with van der Waals surface area (Å²) in [5.74, 6) is 0.118. The Morgan fingerprint density at radius 1 is 1.40 bits per heavy atom. The van der Waals surface area contributed by atoms with Gasteiger partial charge in [-0.25, -0.2) is 0 Å². The lowest BCUT2D eigenvalue weighted by Gasteiger charge is -2.46. The van der Waals surface area contributed by atoms with Crippen LogP contribution in [0.15, 0.2) is 24.3 Å². The largest absolute Gasteiger partial charge is 0.350 e. The van der Waals surface area contributed by atoms with Gasteiger partial charge in [-0.05, 0) is 32.3 Å². The predicted molar refractivity (Wildman–Crippen MR) is 95.1 cm³/mol. The predicted octanol–water partition coefficient (Wildman–Crippen LogP) is 2.47. The number of nitrogens with zero attached hydrogens (tertiary/aromatic N) is 2. The molecular weight excluding hydrogens is 316 g/mol.